The summed E-state index contributed by atoms with van der Waals surface area (Å²) in [5.74, 6) is -0.774. The van der Waals surface area contributed by atoms with E-state index in [-0.39, 0.29) is 30.3 Å². The molecule has 0 aliphatic rings. The number of hydrogen-bond acceptors (Lipinski definition) is 4. The third kappa shape index (κ3) is 4.40. The van der Waals surface area contributed by atoms with E-state index in [0.29, 0.717) is 6.54 Å². The van der Waals surface area contributed by atoms with Gasteiger partial charge in [0.05, 0.1) is 0 Å². The number of amides is 2. The van der Waals surface area contributed by atoms with E-state index in [0.717, 1.165) is 6.42 Å². The van der Waals surface area contributed by atoms with E-state index in [4.69, 9.17) is 0 Å². The lowest BCUT2D eigenvalue weighted by Crippen LogP contribution is -2.31. The van der Waals surface area contributed by atoms with Crippen LogP contribution in [0, 0.1) is 0 Å². The molecular weight excluding hydrogens is 234 g/mol. The molecule has 0 aliphatic heterocycles. The van der Waals surface area contributed by atoms with E-state index in [9.17, 15) is 14.7 Å². The molecule has 0 aromatic carbocycles. The van der Waals surface area contributed by atoms with E-state index in [1.54, 1.807) is 0 Å². The molecule has 98 valence electrons. The molecule has 0 aliphatic carbocycles. The van der Waals surface area contributed by atoms with Gasteiger partial charge in [0.1, 0.15) is 5.75 Å². The Balaban J connectivity index is 2.34. The number of hydrogen-bond donors (Lipinski definition) is 3. The smallest absolute Gasteiger partial charge is 0.273 e. The Bertz CT molecular complexity index is 421. The minimum Gasteiger partial charge on any atom is -0.505 e. The highest BCUT2D eigenvalue weighted by molar-refractivity contribution is 5.94. The summed E-state index contributed by atoms with van der Waals surface area (Å²) in [5.41, 5.74) is -0.0357. The van der Waals surface area contributed by atoms with Crippen LogP contribution in [-0.4, -0.2) is 35.0 Å². The number of carbonyl (C=O) groups excluding carboxylic acids is 2. The monoisotopic (exact) mass is 251 g/mol. The van der Waals surface area contributed by atoms with Gasteiger partial charge in [-0.3, -0.25) is 9.59 Å². The zero-order chi connectivity index (χ0) is 13.4. The van der Waals surface area contributed by atoms with Crippen molar-refractivity contribution in [1.29, 1.82) is 0 Å². The van der Waals surface area contributed by atoms with Crippen molar-refractivity contribution < 1.29 is 14.7 Å². The van der Waals surface area contributed by atoms with Gasteiger partial charge >= 0.3 is 0 Å². The number of aromatic hydroxyl groups is 1. The van der Waals surface area contributed by atoms with Crippen LogP contribution in [0.25, 0.3) is 0 Å². The third-order valence-electron chi connectivity index (χ3n) is 2.21. The minimum atomic E-state index is -0.489. The summed E-state index contributed by atoms with van der Waals surface area (Å²) >= 11 is 0. The largest absolute Gasteiger partial charge is 0.505 e. The highest BCUT2D eigenvalue weighted by Crippen LogP contribution is 2.11. The maximum absolute atomic E-state index is 11.6. The Hall–Kier alpha value is -2.11. The van der Waals surface area contributed by atoms with Crippen LogP contribution in [0.1, 0.15) is 30.3 Å². The first kappa shape index (κ1) is 14.0. The van der Waals surface area contributed by atoms with Crippen LogP contribution < -0.4 is 10.6 Å². The Morgan fingerprint density at radius 1 is 1.33 bits per heavy atom. The van der Waals surface area contributed by atoms with Crippen molar-refractivity contribution in [2.45, 2.75) is 19.8 Å². The molecule has 1 rings (SSSR count). The van der Waals surface area contributed by atoms with Crippen LogP contribution in [-0.2, 0) is 4.79 Å². The van der Waals surface area contributed by atoms with Gasteiger partial charge in [-0.1, -0.05) is 6.92 Å². The molecule has 1 aromatic rings. The van der Waals surface area contributed by atoms with E-state index >= 15 is 0 Å². The molecule has 2 amide bonds. The Morgan fingerprint density at radius 3 is 2.78 bits per heavy atom. The lowest BCUT2D eigenvalue weighted by molar-refractivity contribution is -0.120. The molecule has 0 saturated heterocycles. The summed E-state index contributed by atoms with van der Waals surface area (Å²) in [6.07, 6.45) is 2.50. The predicted octanol–water partition coefficient (Wildman–Crippen LogP) is 0.433. The van der Waals surface area contributed by atoms with Crippen molar-refractivity contribution in [3.05, 3.63) is 24.0 Å². The molecule has 18 heavy (non-hydrogen) atoms. The topological polar surface area (TPSA) is 91.3 Å². The van der Waals surface area contributed by atoms with Gasteiger partial charge in [-0.05, 0) is 18.6 Å². The Morgan fingerprint density at radius 2 is 2.11 bits per heavy atom. The fourth-order valence-electron chi connectivity index (χ4n) is 1.30. The maximum Gasteiger partial charge on any atom is 0.273 e. The quantitative estimate of drug-likeness (QED) is 0.684. The van der Waals surface area contributed by atoms with E-state index in [2.05, 4.69) is 15.6 Å². The highest BCUT2D eigenvalue weighted by atomic mass is 16.3. The SMILES string of the molecule is CCCNC(=O)CCNC(=O)c1ncccc1O. The number of carbonyl (C=O) groups is 2. The fraction of sp³-hybridized carbons (Fsp3) is 0.417. The van der Waals surface area contributed by atoms with Gasteiger partial charge in [0.2, 0.25) is 5.91 Å². The second-order valence-electron chi connectivity index (χ2n) is 3.73. The zero-order valence-electron chi connectivity index (χ0n) is 10.3. The van der Waals surface area contributed by atoms with Crippen LogP contribution in [0.3, 0.4) is 0 Å². The van der Waals surface area contributed by atoms with Crippen LogP contribution in [0.4, 0.5) is 0 Å². The van der Waals surface area contributed by atoms with Crippen molar-refractivity contribution in [1.82, 2.24) is 15.6 Å². The number of nitrogens with zero attached hydrogens (tertiary/aromatic N) is 1. The minimum absolute atomic E-state index is 0.0357. The number of rotatable bonds is 6. The molecule has 0 fully saturated rings. The van der Waals surface area contributed by atoms with E-state index < -0.39 is 5.91 Å². The van der Waals surface area contributed by atoms with E-state index in [1.165, 1.54) is 18.3 Å². The molecule has 1 aromatic heterocycles. The summed E-state index contributed by atoms with van der Waals surface area (Å²) in [6, 6.07) is 2.92. The van der Waals surface area contributed by atoms with Crippen molar-refractivity contribution >= 4 is 11.8 Å². The number of nitrogens with one attached hydrogen (secondary N) is 2. The second kappa shape index (κ2) is 7.26. The van der Waals surface area contributed by atoms with Gasteiger partial charge in [-0.25, -0.2) is 4.98 Å². The van der Waals surface area contributed by atoms with Gasteiger partial charge in [-0.2, -0.15) is 0 Å². The zero-order valence-corrected chi connectivity index (χ0v) is 10.3. The third-order valence-corrected chi connectivity index (χ3v) is 2.21. The van der Waals surface area contributed by atoms with E-state index in [1.807, 2.05) is 6.92 Å². The Labute approximate surface area is 105 Å². The highest BCUT2D eigenvalue weighted by Gasteiger charge is 2.11. The lowest BCUT2D eigenvalue weighted by atomic mass is 10.3. The molecular formula is C12H17N3O3. The van der Waals surface area contributed by atoms with Gasteiger partial charge in [-0.15, -0.1) is 0 Å². The van der Waals surface area contributed by atoms with Gasteiger partial charge in [0.25, 0.3) is 5.91 Å². The van der Waals surface area contributed by atoms with Crippen molar-refractivity contribution in [2.24, 2.45) is 0 Å². The summed E-state index contributed by atoms with van der Waals surface area (Å²) in [6.45, 7) is 2.81. The van der Waals surface area contributed by atoms with Crippen LogP contribution in [0.2, 0.25) is 0 Å². The molecule has 0 atom stereocenters. The molecule has 0 spiro atoms. The van der Waals surface area contributed by atoms with Crippen molar-refractivity contribution in [3.8, 4) is 5.75 Å². The summed E-state index contributed by atoms with van der Waals surface area (Å²) in [4.78, 5) is 26.6. The molecule has 0 saturated carbocycles. The van der Waals surface area contributed by atoms with Crippen LogP contribution in [0.15, 0.2) is 18.3 Å². The first-order valence-corrected chi connectivity index (χ1v) is 5.84. The standard InChI is InChI=1S/C12H17N3O3/c1-2-6-13-10(17)5-8-15-12(18)11-9(16)4-3-7-14-11/h3-4,7,16H,2,5-6,8H2,1H3,(H,13,17)(H,15,18). The number of aromatic nitrogens is 1. The number of pyridine rings is 1. The normalized spacial score (nSPS) is 9.83. The molecule has 0 unspecified atom stereocenters. The van der Waals surface area contributed by atoms with Crippen molar-refractivity contribution in [3.63, 3.8) is 0 Å². The van der Waals surface area contributed by atoms with Crippen molar-refractivity contribution in [2.75, 3.05) is 13.1 Å². The van der Waals surface area contributed by atoms with Gasteiger partial charge in [0.15, 0.2) is 5.69 Å². The first-order chi connectivity index (χ1) is 8.65. The maximum atomic E-state index is 11.6. The summed E-state index contributed by atoms with van der Waals surface area (Å²) in [7, 11) is 0. The van der Waals surface area contributed by atoms with Gasteiger partial charge < -0.3 is 15.7 Å². The molecule has 0 bridgehead atoms. The fourth-order valence-corrected chi connectivity index (χ4v) is 1.30. The molecule has 6 heteroatoms. The lowest BCUT2D eigenvalue weighted by Gasteiger charge is -2.06. The Kier molecular flexibility index (Phi) is 5.63. The second-order valence-corrected chi connectivity index (χ2v) is 3.73. The molecule has 3 N–H and O–H groups in total. The molecule has 1 heterocycles. The van der Waals surface area contributed by atoms with Crippen LogP contribution >= 0.6 is 0 Å². The average molecular weight is 251 g/mol. The molecule has 0 radical (unpaired) electrons. The van der Waals surface area contributed by atoms with Gasteiger partial charge in [0, 0.05) is 25.7 Å². The summed E-state index contributed by atoms with van der Waals surface area (Å²) in [5, 5.41) is 14.6. The first-order valence-electron chi connectivity index (χ1n) is 5.84. The average Bonchev–Trinajstić information content (AvgIpc) is 2.36. The summed E-state index contributed by atoms with van der Waals surface area (Å²) < 4.78 is 0. The molecule has 6 nitrogen and oxygen atoms in total. The predicted molar refractivity (Wildman–Crippen MR) is 66.2 cm³/mol. The van der Waals surface area contributed by atoms with Crippen LogP contribution in [0.5, 0.6) is 5.75 Å².